The van der Waals surface area contributed by atoms with E-state index in [4.69, 9.17) is 11.6 Å². The van der Waals surface area contributed by atoms with Crippen molar-refractivity contribution >= 4 is 17.5 Å². The van der Waals surface area contributed by atoms with E-state index in [1.807, 2.05) is 13.8 Å². The Labute approximate surface area is 151 Å². The van der Waals surface area contributed by atoms with Crippen LogP contribution in [0.1, 0.15) is 20.3 Å². The highest BCUT2D eigenvalue weighted by Gasteiger charge is 2.18. The third-order valence-electron chi connectivity index (χ3n) is 4.17. The molecule has 1 heterocycles. The lowest BCUT2D eigenvalue weighted by Crippen LogP contribution is -2.44. The van der Waals surface area contributed by atoms with E-state index in [1.54, 1.807) is 30.3 Å². The van der Waals surface area contributed by atoms with Crippen LogP contribution in [0.3, 0.4) is 0 Å². The largest absolute Gasteiger partial charge is 0.394 e. The fourth-order valence-corrected chi connectivity index (χ4v) is 2.50. The summed E-state index contributed by atoms with van der Waals surface area (Å²) in [6.07, 6.45) is 0.829. The Kier molecular flexibility index (Phi) is 6.73. The first-order valence-electron chi connectivity index (χ1n) is 8.19. The Balaban J connectivity index is 2.16. The summed E-state index contributed by atoms with van der Waals surface area (Å²) < 4.78 is 1.12. The zero-order valence-corrected chi connectivity index (χ0v) is 15.0. The molecule has 1 amide bonds. The summed E-state index contributed by atoms with van der Waals surface area (Å²) in [7, 11) is 0. The quantitative estimate of drug-likeness (QED) is 0.788. The van der Waals surface area contributed by atoms with Crippen LogP contribution >= 0.6 is 11.6 Å². The van der Waals surface area contributed by atoms with Crippen molar-refractivity contribution in [1.29, 1.82) is 0 Å². The molecule has 2 N–H and O–H groups in total. The lowest BCUT2D eigenvalue weighted by molar-refractivity contribution is -0.123. The Morgan fingerprint density at radius 3 is 2.56 bits per heavy atom. The van der Waals surface area contributed by atoms with Gasteiger partial charge in [-0.25, -0.2) is 4.68 Å². The molecule has 0 bridgehead atoms. The summed E-state index contributed by atoms with van der Waals surface area (Å²) >= 11 is 5.88. The molecular weight excluding hydrogens is 342 g/mol. The second-order valence-corrected chi connectivity index (χ2v) is 6.40. The molecule has 2 unspecified atom stereocenters. The van der Waals surface area contributed by atoms with E-state index in [0.717, 1.165) is 16.7 Å². The van der Waals surface area contributed by atoms with Gasteiger partial charge in [0.05, 0.1) is 18.3 Å². The lowest BCUT2D eigenvalue weighted by Gasteiger charge is -2.22. The molecule has 0 fully saturated rings. The molecule has 0 radical (unpaired) electrons. The average molecular weight is 364 g/mol. The molecule has 0 aliphatic carbocycles. The number of carbonyl (C=O) groups excluding carboxylic acids is 1. The number of amides is 1. The van der Waals surface area contributed by atoms with Crippen LogP contribution in [0, 0.1) is 5.92 Å². The SMILES string of the molecule is CCC(C)C(CO)NC(=O)Cn1nc(-c2ccc(Cl)cc2)ccc1=O. The van der Waals surface area contributed by atoms with E-state index >= 15 is 0 Å². The standard InChI is InChI=1S/C18H22ClN3O3/c1-3-12(2)16(11-23)20-17(24)10-22-18(25)9-8-15(21-22)13-4-6-14(19)7-5-13/h4-9,12,16,23H,3,10-11H2,1-2H3,(H,20,24). The number of halogens is 1. The van der Waals surface area contributed by atoms with Gasteiger partial charge < -0.3 is 10.4 Å². The maximum atomic E-state index is 12.2. The number of nitrogens with one attached hydrogen (secondary N) is 1. The summed E-state index contributed by atoms with van der Waals surface area (Å²) in [6.45, 7) is 3.59. The van der Waals surface area contributed by atoms with Crippen molar-refractivity contribution < 1.29 is 9.90 Å². The predicted octanol–water partition coefficient (Wildman–Crippen LogP) is 2.09. The lowest BCUT2D eigenvalue weighted by atomic mass is 10.00. The highest BCUT2D eigenvalue weighted by Crippen LogP contribution is 2.18. The first kappa shape index (κ1) is 19.1. The first-order chi connectivity index (χ1) is 11.9. The number of benzene rings is 1. The van der Waals surface area contributed by atoms with Crippen LogP contribution in [0.15, 0.2) is 41.2 Å². The number of aliphatic hydroxyl groups excluding tert-OH is 1. The minimum atomic E-state index is -0.364. The molecule has 2 aromatic rings. The smallest absolute Gasteiger partial charge is 0.267 e. The number of carbonyl (C=O) groups is 1. The van der Waals surface area contributed by atoms with Crippen LogP contribution in [0.5, 0.6) is 0 Å². The van der Waals surface area contributed by atoms with Gasteiger partial charge >= 0.3 is 0 Å². The molecule has 7 heteroatoms. The van der Waals surface area contributed by atoms with Gasteiger partial charge in [0.1, 0.15) is 6.54 Å². The maximum Gasteiger partial charge on any atom is 0.267 e. The van der Waals surface area contributed by atoms with Crippen LogP contribution in [-0.4, -0.2) is 33.4 Å². The summed E-state index contributed by atoms with van der Waals surface area (Å²) in [5.74, 6) is -0.221. The molecule has 6 nitrogen and oxygen atoms in total. The fourth-order valence-electron chi connectivity index (χ4n) is 2.38. The molecule has 2 atom stereocenters. The summed E-state index contributed by atoms with van der Waals surface area (Å²) in [4.78, 5) is 24.2. The topological polar surface area (TPSA) is 84.2 Å². The van der Waals surface area contributed by atoms with E-state index in [2.05, 4.69) is 10.4 Å². The van der Waals surface area contributed by atoms with Crippen LogP contribution in [-0.2, 0) is 11.3 Å². The monoisotopic (exact) mass is 363 g/mol. The molecule has 134 valence electrons. The number of aromatic nitrogens is 2. The van der Waals surface area contributed by atoms with E-state index in [0.29, 0.717) is 10.7 Å². The summed E-state index contributed by atoms with van der Waals surface area (Å²) in [5.41, 5.74) is 1.01. The number of hydrogen-bond acceptors (Lipinski definition) is 4. The van der Waals surface area contributed by atoms with Gasteiger partial charge in [0, 0.05) is 16.7 Å². The van der Waals surface area contributed by atoms with Crippen LogP contribution < -0.4 is 10.9 Å². The van der Waals surface area contributed by atoms with Gasteiger partial charge in [-0.15, -0.1) is 0 Å². The molecule has 1 aromatic carbocycles. The Hall–Kier alpha value is -2.18. The van der Waals surface area contributed by atoms with Crippen molar-refractivity contribution in [3.63, 3.8) is 0 Å². The van der Waals surface area contributed by atoms with E-state index < -0.39 is 0 Å². The number of aliphatic hydroxyl groups is 1. The maximum absolute atomic E-state index is 12.2. The molecule has 0 saturated heterocycles. The molecule has 0 aliphatic heterocycles. The van der Waals surface area contributed by atoms with Crippen LogP contribution in [0.4, 0.5) is 0 Å². The second kappa shape index (κ2) is 8.78. The van der Waals surface area contributed by atoms with Gasteiger partial charge in [-0.1, -0.05) is 44.0 Å². The van der Waals surface area contributed by atoms with Gasteiger partial charge in [0.25, 0.3) is 5.56 Å². The fraction of sp³-hybridized carbons (Fsp3) is 0.389. The normalized spacial score (nSPS) is 13.3. The molecular formula is C18H22ClN3O3. The Morgan fingerprint density at radius 2 is 1.96 bits per heavy atom. The molecule has 0 spiro atoms. The third kappa shape index (κ3) is 5.14. The minimum Gasteiger partial charge on any atom is -0.394 e. The van der Waals surface area contributed by atoms with Gasteiger partial charge in [-0.3, -0.25) is 9.59 Å². The molecule has 2 rings (SSSR count). The average Bonchev–Trinajstić information content (AvgIpc) is 2.61. The first-order valence-corrected chi connectivity index (χ1v) is 8.56. The second-order valence-electron chi connectivity index (χ2n) is 5.96. The van der Waals surface area contributed by atoms with Crippen molar-refractivity contribution in [2.24, 2.45) is 5.92 Å². The van der Waals surface area contributed by atoms with Crippen molar-refractivity contribution in [2.75, 3.05) is 6.61 Å². The molecule has 0 aliphatic rings. The van der Waals surface area contributed by atoms with Crippen LogP contribution in [0.2, 0.25) is 5.02 Å². The van der Waals surface area contributed by atoms with Crippen molar-refractivity contribution in [2.45, 2.75) is 32.9 Å². The zero-order chi connectivity index (χ0) is 18.4. The van der Waals surface area contributed by atoms with Gasteiger partial charge in [0.2, 0.25) is 5.91 Å². The van der Waals surface area contributed by atoms with Gasteiger partial charge in [-0.2, -0.15) is 5.10 Å². The van der Waals surface area contributed by atoms with Crippen LogP contribution in [0.25, 0.3) is 11.3 Å². The van der Waals surface area contributed by atoms with Gasteiger partial charge in [0.15, 0.2) is 0 Å². The number of rotatable bonds is 7. The highest BCUT2D eigenvalue weighted by molar-refractivity contribution is 6.30. The molecule has 1 aromatic heterocycles. The van der Waals surface area contributed by atoms with Gasteiger partial charge in [-0.05, 0) is 24.1 Å². The molecule has 25 heavy (non-hydrogen) atoms. The van der Waals surface area contributed by atoms with E-state index in [1.165, 1.54) is 6.07 Å². The minimum absolute atomic E-state index is 0.138. The summed E-state index contributed by atoms with van der Waals surface area (Å²) in [6, 6.07) is 9.71. The van der Waals surface area contributed by atoms with Crippen molar-refractivity contribution in [3.8, 4) is 11.3 Å². The summed E-state index contributed by atoms with van der Waals surface area (Å²) in [5, 5.41) is 17.0. The zero-order valence-electron chi connectivity index (χ0n) is 14.3. The third-order valence-corrected chi connectivity index (χ3v) is 4.43. The Morgan fingerprint density at radius 1 is 1.28 bits per heavy atom. The highest BCUT2D eigenvalue weighted by atomic mass is 35.5. The van der Waals surface area contributed by atoms with Crippen molar-refractivity contribution in [1.82, 2.24) is 15.1 Å². The van der Waals surface area contributed by atoms with Crippen molar-refractivity contribution in [3.05, 3.63) is 51.8 Å². The van der Waals surface area contributed by atoms with E-state index in [9.17, 15) is 14.7 Å². The predicted molar refractivity (Wildman–Crippen MR) is 97.4 cm³/mol. The Bertz CT molecular complexity index is 774. The molecule has 0 saturated carbocycles. The number of nitrogens with zero attached hydrogens (tertiary/aromatic N) is 2. The number of hydrogen-bond donors (Lipinski definition) is 2. The van der Waals surface area contributed by atoms with E-state index in [-0.39, 0.29) is 36.6 Å².